The molecule has 1 aromatic heterocycles. The fourth-order valence-corrected chi connectivity index (χ4v) is 2.79. The molecule has 2 aromatic rings. The first kappa shape index (κ1) is 17.8. The molecule has 1 heterocycles. The van der Waals surface area contributed by atoms with Gasteiger partial charge in [0.05, 0.1) is 5.69 Å². The van der Waals surface area contributed by atoms with Crippen molar-refractivity contribution in [1.82, 2.24) is 5.32 Å². The number of amides is 1. The van der Waals surface area contributed by atoms with Crippen LogP contribution in [0.15, 0.2) is 45.5 Å². The molecule has 0 aliphatic heterocycles. The lowest BCUT2D eigenvalue weighted by Gasteiger charge is -2.11. The standard InChI is InChI=1S/C17H18BrN3O3/c1-19-13-10-14-11(9-12(13)18)15(16(23)20-2)17(24-14)21(3)7-5-4-6-8-22/h4-10,19H,1-3H3,(H,20,23)/b6-4-,7-5-. The molecule has 1 aromatic carbocycles. The lowest BCUT2D eigenvalue weighted by Crippen LogP contribution is -2.20. The maximum atomic E-state index is 12.3. The normalized spacial score (nSPS) is 11.3. The van der Waals surface area contributed by atoms with E-state index in [0.717, 1.165) is 10.2 Å². The summed E-state index contributed by atoms with van der Waals surface area (Å²) in [7, 11) is 5.15. The van der Waals surface area contributed by atoms with E-state index in [1.807, 2.05) is 19.2 Å². The van der Waals surface area contributed by atoms with Crippen molar-refractivity contribution in [3.8, 4) is 0 Å². The van der Waals surface area contributed by atoms with Crippen LogP contribution in [0, 0.1) is 0 Å². The van der Waals surface area contributed by atoms with Crippen LogP contribution in [0.25, 0.3) is 11.0 Å². The molecule has 2 N–H and O–H groups in total. The van der Waals surface area contributed by atoms with Crippen LogP contribution in [-0.2, 0) is 4.79 Å². The number of hydrogen-bond acceptors (Lipinski definition) is 5. The number of allylic oxidation sites excluding steroid dienone is 3. The fourth-order valence-electron chi connectivity index (χ4n) is 2.24. The Morgan fingerprint density at radius 2 is 2.00 bits per heavy atom. The smallest absolute Gasteiger partial charge is 0.257 e. The zero-order valence-electron chi connectivity index (χ0n) is 13.6. The van der Waals surface area contributed by atoms with Gasteiger partial charge >= 0.3 is 0 Å². The number of nitrogens with one attached hydrogen (secondary N) is 2. The van der Waals surface area contributed by atoms with E-state index in [1.165, 1.54) is 6.08 Å². The Morgan fingerprint density at radius 3 is 2.62 bits per heavy atom. The first-order chi connectivity index (χ1) is 11.5. The second-order valence-electron chi connectivity index (χ2n) is 4.91. The molecule has 0 radical (unpaired) electrons. The summed E-state index contributed by atoms with van der Waals surface area (Å²) in [4.78, 5) is 24.3. The molecule has 126 valence electrons. The predicted octanol–water partition coefficient (Wildman–Crippen LogP) is 3.30. The Morgan fingerprint density at radius 1 is 1.25 bits per heavy atom. The summed E-state index contributed by atoms with van der Waals surface area (Å²) in [5.41, 5.74) is 1.90. The summed E-state index contributed by atoms with van der Waals surface area (Å²) >= 11 is 3.48. The Bertz CT molecular complexity index is 824. The van der Waals surface area contributed by atoms with E-state index < -0.39 is 0 Å². The van der Waals surface area contributed by atoms with Crippen LogP contribution in [0.1, 0.15) is 10.4 Å². The summed E-state index contributed by atoms with van der Waals surface area (Å²) in [5.74, 6) is 0.178. The van der Waals surface area contributed by atoms with Gasteiger partial charge in [-0.2, -0.15) is 0 Å². The number of carbonyl (C=O) groups is 2. The van der Waals surface area contributed by atoms with Crippen LogP contribution in [-0.4, -0.2) is 33.3 Å². The highest BCUT2D eigenvalue weighted by atomic mass is 79.9. The molecule has 0 fully saturated rings. The maximum absolute atomic E-state index is 12.3. The molecule has 0 saturated heterocycles. The SMILES string of the molecule is CNC(=O)c1c(N(C)/C=C\C=C/C=O)oc2cc(NC)c(Br)cc12. The third kappa shape index (κ3) is 3.51. The summed E-state index contributed by atoms with van der Waals surface area (Å²) in [5, 5.41) is 6.41. The molecule has 24 heavy (non-hydrogen) atoms. The average molecular weight is 392 g/mol. The first-order valence-corrected chi connectivity index (χ1v) is 8.00. The highest BCUT2D eigenvalue weighted by Crippen LogP contribution is 2.37. The molecule has 0 bridgehead atoms. The van der Waals surface area contributed by atoms with E-state index in [4.69, 9.17) is 4.42 Å². The predicted molar refractivity (Wildman–Crippen MR) is 99.6 cm³/mol. The maximum Gasteiger partial charge on any atom is 0.257 e. The molecule has 6 nitrogen and oxygen atoms in total. The van der Waals surface area contributed by atoms with Gasteiger partial charge in [-0.3, -0.25) is 9.59 Å². The molecule has 1 amide bonds. The van der Waals surface area contributed by atoms with Gasteiger partial charge in [0.25, 0.3) is 5.91 Å². The molecule has 0 saturated carbocycles. The topological polar surface area (TPSA) is 74.6 Å². The minimum atomic E-state index is -0.239. The van der Waals surface area contributed by atoms with Gasteiger partial charge < -0.3 is 20.0 Å². The van der Waals surface area contributed by atoms with Gasteiger partial charge in [0.15, 0.2) is 0 Å². The Labute approximate surface area is 148 Å². The van der Waals surface area contributed by atoms with Crippen LogP contribution in [0.3, 0.4) is 0 Å². The molecule has 0 aliphatic rings. The van der Waals surface area contributed by atoms with Gasteiger partial charge in [-0.1, -0.05) is 6.08 Å². The van der Waals surface area contributed by atoms with Gasteiger partial charge in [0, 0.05) is 43.3 Å². The quantitative estimate of drug-likeness (QED) is 0.448. The van der Waals surface area contributed by atoms with Gasteiger partial charge in [-0.05, 0) is 34.1 Å². The number of nitrogens with zero attached hydrogens (tertiary/aromatic N) is 1. The van der Waals surface area contributed by atoms with Crippen LogP contribution in [0.4, 0.5) is 11.6 Å². The minimum Gasteiger partial charge on any atom is -0.439 e. The van der Waals surface area contributed by atoms with E-state index in [0.29, 0.717) is 28.7 Å². The number of aldehydes is 1. The molecule has 0 atom stereocenters. The van der Waals surface area contributed by atoms with Crippen molar-refractivity contribution in [2.45, 2.75) is 0 Å². The van der Waals surface area contributed by atoms with Crippen molar-refractivity contribution >= 4 is 50.7 Å². The number of anilines is 2. The van der Waals surface area contributed by atoms with Gasteiger partial charge in [-0.15, -0.1) is 0 Å². The van der Waals surface area contributed by atoms with Crippen molar-refractivity contribution in [2.24, 2.45) is 0 Å². The monoisotopic (exact) mass is 391 g/mol. The van der Waals surface area contributed by atoms with Crippen LogP contribution < -0.4 is 15.5 Å². The summed E-state index contributed by atoms with van der Waals surface area (Å²) in [6.07, 6.45) is 7.06. The van der Waals surface area contributed by atoms with Crippen molar-refractivity contribution in [3.05, 3.63) is 46.6 Å². The second kappa shape index (κ2) is 7.83. The number of furan rings is 1. The largest absolute Gasteiger partial charge is 0.439 e. The summed E-state index contributed by atoms with van der Waals surface area (Å²) < 4.78 is 6.73. The van der Waals surface area contributed by atoms with E-state index in [9.17, 15) is 9.59 Å². The average Bonchev–Trinajstić information content (AvgIpc) is 2.95. The Kier molecular flexibility index (Phi) is 5.81. The van der Waals surface area contributed by atoms with E-state index in [-0.39, 0.29) is 5.91 Å². The molecular formula is C17H18BrN3O3. The minimum absolute atomic E-state index is 0.239. The van der Waals surface area contributed by atoms with E-state index in [2.05, 4.69) is 26.6 Å². The molecule has 0 aliphatic carbocycles. The number of hydrogen-bond donors (Lipinski definition) is 2. The van der Waals surface area contributed by atoms with E-state index >= 15 is 0 Å². The number of carbonyl (C=O) groups excluding carboxylic acids is 2. The van der Waals surface area contributed by atoms with Crippen molar-refractivity contribution in [1.29, 1.82) is 0 Å². The first-order valence-electron chi connectivity index (χ1n) is 7.20. The molecule has 0 unspecified atom stereocenters. The number of halogens is 1. The van der Waals surface area contributed by atoms with Gasteiger partial charge in [-0.25, -0.2) is 0 Å². The fraction of sp³-hybridized carbons (Fsp3) is 0.176. The third-order valence-corrected chi connectivity index (χ3v) is 4.07. The van der Waals surface area contributed by atoms with Crippen LogP contribution in [0.2, 0.25) is 0 Å². The van der Waals surface area contributed by atoms with Crippen LogP contribution >= 0.6 is 15.9 Å². The highest BCUT2D eigenvalue weighted by Gasteiger charge is 2.23. The third-order valence-electron chi connectivity index (χ3n) is 3.41. The number of benzene rings is 1. The lowest BCUT2D eigenvalue weighted by molar-refractivity contribution is -0.104. The highest BCUT2D eigenvalue weighted by molar-refractivity contribution is 9.10. The Hall–Kier alpha value is -2.54. The van der Waals surface area contributed by atoms with Crippen molar-refractivity contribution in [2.75, 3.05) is 31.4 Å². The van der Waals surface area contributed by atoms with Crippen LogP contribution in [0.5, 0.6) is 0 Å². The molecule has 2 rings (SSSR count). The Balaban J connectivity index is 2.59. The summed E-state index contributed by atoms with van der Waals surface area (Å²) in [6.45, 7) is 0. The second-order valence-corrected chi connectivity index (χ2v) is 5.77. The number of rotatable bonds is 6. The van der Waals surface area contributed by atoms with Gasteiger partial charge in [0.1, 0.15) is 17.4 Å². The molecule has 0 spiro atoms. The molecular weight excluding hydrogens is 374 g/mol. The molecule has 7 heteroatoms. The van der Waals surface area contributed by atoms with E-state index in [1.54, 1.807) is 37.3 Å². The zero-order valence-corrected chi connectivity index (χ0v) is 15.2. The zero-order chi connectivity index (χ0) is 17.7. The van der Waals surface area contributed by atoms with Crippen molar-refractivity contribution < 1.29 is 14.0 Å². The van der Waals surface area contributed by atoms with Gasteiger partial charge in [0.2, 0.25) is 5.88 Å². The number of fused-ring (bicyclic) bond motifs is 1. The van der Waals surface area contributed by atoms with Crippen molar-refractivity contribution in [3.63, 3.8) is 0 Å². The lowest BCUT2D eigenvalue weighted by atomic mass is 10.1. The summed E-state index contributed by atoms with van der Waals surface area (Å²) in [6, 6.07) is 3.68.